The molecular formula is C18H23FN4O. The predicted octanol–water partition coefficient (Wildman–Crippen LogP) is 2.73. The first-order valence-corrected chi connectivity index (χ1v) is 8.36. The van der Waals surface area contributed by atoms with Crippen molar-refractivity contribution in [3.8, 4) is 11.3 Å². The minimum absolute atomic E-state index is 0.244. The van der Waals surface area contributed by atoms with Gasteiger partial charge in [0, 0.05) is 31.3 Å². The fourth-order valence-corrected chi connectivity index (χ4v) is 2.77. The molecule has 1 aromatic heterocycles. The minimum atomic E-state index is -0.244. The third-order valence-electron chi connectivity index (χ3n) is 4.04. The van der Waals surface area contributed by atoms with Gasteiger partial charge < -0.3 is 10.1 Å². The van der Waals surface area contributed by atoms with Gasteiger partial charge in [0.05, 0.1) is 18.9 Å². The second kappa shape index (κ2) is 8.17. The van der Waals surface area contributed by atoms with Crippen molar-refractivity contribution in [3.05, 3.63) is 42.0 Å². The number of rotatable bonds is 6. The van der Waals surface area contributed by atoms with Gasteiger partial charge in [0.15, 0.2) is 0 Å². The average Bonchev–Trinajstić information content (AvgIpc) is 2.60. The monoisotopic (exact) mass is 330 g/mol. The van der Waals surface area contributed by atoms with Crippen LogP contribution >= 0.6 is 0 Å². The van der Waals surface area contributed by atoms with Gasteiger partial charge in [0.1, 0.15) is 17.5 Å². The highest BCUT2D eigenvalue weighted by atomic mass is 19.1. The van der Waals surface area contributed by atoms with Gasteiger partial charge >= 0.3 is 0 Å². The van der Waals surface area contributed by atoms with Gasteiger partial charge in [0.2, 0.25) is 0 Å². The van der Waals surface area contributed by atoms with E-state index < -0.39 is 0 Å². The van der Waals surface area contributed by atoms with E-state index in [1.54, 1.807) is 12.1 Å². The molecule has 2 aromatic rings. The quantitative estimate of drug-likeness (QED) is 0.826. The summed E-state index contributed by atoms with van der Waals surface area (Å²) in [6.45, 7) is 7.48. The van der Waals surface area contributed by atoms with Gasteiger partial charge in [-0.2, -0.15) is 0 Å². The molecule has 128 valence electrons. The number of hydrogen-bond donors (Lipinski definition) is 1. The lowest BCUT2D eigenvalue weighted by molar-refractivity contribution is 0.0378. The van der Waals surface area contributed by atoms with Gasteiger partial charge in [-0.25, -0.2) is 14.4 Å². The molecule has 0 saturated carbocycles. The summed E-state index contributed by atoms with van der Waals surface area (Å²) in [5.74, 6) is 1.27. The maximum Gasteiger partial charge on any atom is 0.130 e. The van der Waals surface area contributed by atoms with Crippen molar-refractivity contribution in [3.63, 3.8) is 0 Å². The highest BCUT2D eigenvalue weighted by molar-refractivity contribution is 5.62. The number of aromatic nitrogens is 2. The van der Waals surface area contributed by atoms with Crippen molar-refractivity contribution in [2.45, 2.75) is 13.3 Å². The Morgan fingerprint density at radius 2 is 1.92 bits per heavy atom. The Morgan fingerprint density at radius 3 is 2.67 bits per heavy atom. The summed E-state index contributed by atoms with van der Waals surface area (Å²) >= 11 is 0. The fourth-order valence-electron chi connectivity index (χ4n) is 2.77. The fraction of sp³-hybridized carbons (Fsp3) is 0.444. The SMILES string of the molecule is Cc1nc(NCCCN2CCOCC2)cc(-c2ccc(F)cc2)n1. The highest BCUT2D eigenvalue weighted by Gasteiger charge is 2.09. The topological polar surface area (TPSA) is 50.3 Å². The van der Waals surface area contributed by atoms with Gasteiger partial charge in [-0.1, -0.05) is 0 Å². The Balaban J connectivity index is 1.56. The molecule has 0 bridgehead atoms. The van der Waals surface area contributed by atoms with Gasteiger partial charge in [0.25, 0.3) is 0 Å². The van der Waals surface area contributed by atoms with Crippen molar-refractivity contribution in [2.75, 3.05) is 44.7 Å². The van der Waals surface area contributed by atoms with Crippen LogP contribution in [0.25, 0.3) is 11.3 Å². The van der Waals surface area contributed by atoms with Gasteiger partial charge in [-0.15, -0.1) is 0 Å². The summed E-state index contributed by atoms with van der Waals surface area (Å²) in [7, 11) is 0. The molecule has 0 amide bonds. The molecule has 3 rings (SSSR count). The molecule has 1 aromatic carbocycles. The molecule has 1 fully saturated rings. The zero-order chi connectivity index (χ0) is 16.8. The van der Waals surface area contributed by atoms with Crippen LogP contribution in [-0.2, 0) is 4.74 Å². The first kappa shape index (κ1) is 16.8. The zero-order valence-corrected chi connectivity index (χ0v) is 14.0. The van der Waals surface area contributed by atoms with E-state index in [4.69, 9.17) is 4.74 Å². The van der Waals surface area contributed by atoms with Crippen LogP contribution in [0.4, 0.5) is 10.2 Å². The van der Waals surface area contributed by atoms with Crippen LogP contribution in [0.1, 0.15) is 12.2 Å². The maximum atomic E-state index is 13.1. The molecule has 5 nitrogen and oxygen atoms in total. The van der Waals surface area contributed by atoms with Gasteiger partial charge in [-0.3, -0.25) is 4.90 Å². The third kappa shape index (κ3) is 4.72. The van der Waals surface area contributed by atoms with E-state index in [0.29, 0.717) is 5.82 Å². The Labute approximate surface area is 141 Å². The molecule has 24 heavy (non-hydrogen) atoms. The van der Waals surface area contributed by atoms with E-state index in [9.17, 15) is 4.39 Å². The molecule has 1 aliphatic rings. The molecule has 1 aliphatic heterocycles. The standard InChI is InChI=1S/C18H23FN4O/c1-14-21-17(15-3-5-16(19)6-4-15)13-18(22-14)20-7-2-8-23-9-11-24-12-10-23/h3-6,13H,2,7-12H2,1H3,(H,20,21,22). The van der Waals surface area contributed by atoms with E-state index in [1.165, 1.54) is 12.1 Å². The number of benzene rings is 1. The third-order valence-corrected chi connectivity index (χ3v) is 4.04. The Bertz CT molecular complexity index is 657. The lowest BCUT2D eigenvalue weighted by Crippen LogP contribution is -2.37. The summed E-state index contributed by atoms with van der Waals surface area (Å²) in [6.07, 6.45) is 1.05. The van der Waals surface area contributed by atoms with Crippen LogP contribution < -0.4 is 5.32 Å². The normalized spacial score (nSPS) is 15.4. The second-order valence-electron chi connectivity index (χ2n) is 5.93. The summed E-state index contributed by atoms with van der Waals surface area (Å²) in [5, 5.41) is 3.36. The lowest BCUT2D eigenvalue weighted by atomic mass is 10.1. The number of nitrogens with zero attached hydrogens (tertiary/aromatic N) is 3. The Kier molecular flexibility index (Phi) is 5.72. The van der Waals surface area contributed by atoms with Crippen molar-refractivity contribution < 1.29 is 9.13 Å². The van der Waals surface area contributed by atoms with E-state index in [1.807, 2.05) is 13.0 Å². The minimum Gasteiger partial charge on any atom is -0.379 e. The van der Waals surface area contributed by atoms with Crippen LogP contribution in [0.2, 0.25) is 0 Å². The number of morpholine rings is 1. The lowest BCUT2D eigenvalue weighted by Gasteiger charge is -2.26. The molecule has 0 unspecified atom stereocenters. The number of anilines is 1. The average molecular weight is 330 g/mol. The van der Waals surface area contributed by atoms with Crippen molar-refractivity contribution in [2.24, 2.45) is 0 Å². The Morgan fingerprint density at radius 1 is 1.17 bits per heavy atom. The summed E-state index contributed by atoms with van der Waals surface area (Å²) in [6, 6.07) is 8.28. The molecule has 1 saturated heterocycles. The van der Waals surface area contributed by atoms with Crippen LogP contribution in [0.15, 0.2) is 30.3 Å². The molecule has 0 aliphatic carbocycles. The van der Waals surface area contributed by atoms with Crippen LogP contribution in [0, 0.1) is 12.7 Å². The summed E-state index contributed by atoms with van der Waals surface area (Å²) in [5.41, 5.74) is 1.69. The maximum absolute atomic E-state index is 13.1. The number of hydrogen-bond acceptors (Lipinski definition) is 5. The van der Waals surface area contributed by atoms with E-state index in [2.05, 4.69) is 20.2 Å². The number of aryl methyl sites for hydroxylation is 1. The number of halogens is 1. The van der Waals surface area contributed by atoms with Crippen molar-refractivity contribution in [1.29, 1.82) is 0 Å². The largest absolute Gasteiger partial charge is 0.379 e. The molecule has 2 heterocycles. The van der Waals surface area contributed by atoms with Crippen molar-refractivity contribution >= 4 is 5.82 Å². The van der Waals surface area contributed by atoms with Gasteiger partial charge in [-0.05, 0) is 44.2 Å². The number of nitrogens with one attached hydrogen (secondary N) is 1. The van der Waals surface area contributed by atoms with E-state index in [-0.39, 0.29) is 5.82 Å². The molecule has 0 spiro atoms. The number of ether oxygens (including phenoxy) is 1. The molecular weight excluding hydrogens is 307 g/mol. The summed E-state index contributed by atoms with van der Waals surface area (Å²) in [4.78, 5) is 11.3. The smallest absolute Gasteiger partial charge is 0.130 e. The molecule has 0 radical (unpaired) electrons. The molecule has 1 N–H and O–H groups in total. The summed E-state index contributed by atoms with van der Waals surface area (Å²) < 4.78 is 18.4. The zero-order valence-electron chi connectivity index (χ0n) is 14.0. The van der Waals surface area contributed by atoms with E-state index in [0.717, 1.165) is 62.9 Å². The van der Waals surface area contributed by atoms with Crippen LogP contribution in [0.3, 0.4) is 0 Å². The first-order chi connectivity index (χ1) is 11.7. The first-order valence-electron chi connectivity index (χ1n) is 8.36. The molecule has 0 atom stereocenters. The second-order valence-corrected chi connectivity index (χ2v) is 5.93. The van der Waals surface area contributed by atoms with Crippen LogP contribution in [0.5, 0.6) is 0 Å². The van der Waals surface area contributed by atoms with Crippen molar-refractivity contribution in [1.82, 2.24) is 14.9 Å². The van der Waals surface area contributed by atoms with Crippen LogP contribution in [-0.4, -0.2) is 54.3 Å². The highest BCUT2D eigenvalue weighted by Crippen LogP contribution is 2.20. The Hall–Kier alpha value is -2.05. The molecule has 6 heteroatoms. The predicted molar refractivity (Wildman–Crippen MR) is 92.5 cm³/mol. The van der Waals surface area contributed by atoms with E-state index >= 15 is 0 Å².